The highest BCUT2D eigenvalue weighted by Gasteiger charge is 2.21. The van der Waals surface area contributed by atoms with Gasteiger partial charge in [-0.2, -0.15) is 0 Å². The molecule has 0 N–H and O–H groups in total. The van der Waals surface area contributed by atoms with E-state index < -0.39 is 0 Å². The Morgan fingerprint density at radius 2 is 2.07 bits per heavy atom. The highest BCUT2D eigenvalue weighted by Crippen LogP contribution is 2.33. The van der Waals surface area contributed by atoms with Crippen LogP contribution in [0.1, 0.15) is 30.4 Å². The summed E-state index contributed by atoms with van der Waals surface area (Å²) in [4.78, 5) is 12.6. The fourth-order valence-corrected chi connectivity index (χ4v) is 2.74. The van der Waals surface area contributed by atoms with Crippen LogP contribution in [0.15, 0.2) is 9.85 Å². The molecule has 1 unspecified atom stereocenters. The maximum absolute atomic E-state index is 11.9. The first-order chi connectivity index (χ1) is 6.43. The number of Topliss-reactive ketones (excluding diaryl/α,β-unsaturated/α-hetero) is 1. The average molecular weight is 296 g/mol. The fourth-order valence-electron chi connectivity index (χ4n) is 0.995. The Hall–Kier alpha value is 0.140. The maximum atomic E-state index is 11.9. The molecule has 1 aromatic heterocycles. The van der Waals surface area contributed by atoms with Gasteiger partial charge < -0.3 is 0 Å². The molecule has 0 fully saturated rings. The maximum Gasteiger partial charge on any atom is 0.175 e. The van der Waals surface area contributed by atoms with Crippen molar-refractivity contribution < 1.29 is 4.79 Å². The first-order valence-electron chi connectivity index (χ1n) is 4.42. The molecule has 0 spiro atoms. The Labute approximate surface area is 102 Å². The lowest BCUT2D eigenvalue weighted by atomic mass is 9.93. The van der Waals surface area contributed by atoms with E-state index in [9.17, 15) is 4.79 Å². The van der Waals surface area contributed by atoms with E-state index in [1.807, 2.05) is 20.8 Å². The van der Waals surface area contributed by atoms with Gasteiger partial charge in [-0.1, -0.05) is 32.4 Å². The van der Waals surface area contributed by atoms with Gasteiger partial charge in [0.2, 0.25) is 0 Å². The number of rotatable bonds is 3. The van der Waals surface area contributed by atoms with Crippen molar-refractivity contribution in [2.45, 2.75) is 20.8 Å². The molecule has 78 valence electrons. The molecule has 1 nitrogen and oxygen atoms in total. The largest absolute Gasteiger partial charge is 0.293 e. The first-order valence-corrected chi connectivity index (χ1v) is 6.41. The third-order valence-corrected chi connectivity index (χ3v) is 4.79. The van der Waals surface area contributed by atoms with Crippen molar-refractivity contribution in [1.82, 2.24) is 0 Å². The van der Waals surface area contributed by atoms with Crippen molar-refractivity contribution in [2.75, 3.05) is 0 Å². The molecule has 0 bridgehead atoms. The van der Waals surface area contributed by atoms with E-state index in [1.165, 1.54) is 11.3 Å². The Kier molecular flexibility index (Phi) is 4.16. The number of halogens is 2. The number of carbonyl (C=O) groups excluding carboxylic acids is 1. The van der Waals surface area contributed by atoms with E-state index in [-0.39, 0.29) is 11.7 Å². The zero-order chi connectivity index (χ0) is 10.9. The molecule has 1 atom stereocenters. The quantitative estimate of drug-likeness (QED) is 0.743. The minimum atomic E-state index is 0.0524. The van der Waals surface area contributed by atoms with E-state index in [0.717, 1.165) is 8.66 Å². The van der Waals surface area contributed by atoms with Crippen LogP contribution in [0.5, 0.6) is 0 Å². The van der Waals surface area contributed by atoms with Crippen LogP contribution >= 0.6 is 38.9 Å². The molecular formula is C10H12BrClOS. The summed E-state index contributed by atoms with van der Waals surface area (Å²) in [5, 5.41) is 0.620. The zero-order valence-corrected chi connectivity index (χ0v) is 11.5. The van der Waals surface area contributed by atoms with E-state index in [2.05, 4.69) is 15.9 Å². The summed E-state index contributed by atoms with van der Waals surface area (Å²) in [6, 6.07) is 1.73. The van der Waals surface area contributed by atoms with Gasteiger partial charge in [0.1, 0.15) is 0 Å². The summed E-state index contributed by atoms with van der Waals surface area (Å²) >= 11 is 10.6. The van der Waals surface area contributed by atoms with Crippen LogP contribution in [0.2, 0.25) is 5.02 Å². The van der Waals surface area contributed by atoms with E-state index in [4.69, 9.17) is 11.6 Å². The summed E-state index contributed by atoms with van der Waals surface area (Å²) in [5.41, 5.74) is 0. The molecule has 1 heterocycles. The van der Waals surface area contributed by atoms with Crippen molar-refractivity contribution >= 4 is 44.7 Å². The van der Waals surface area contributed by atoms with Gasteiger partial charge in [-0.3, -0.25) is 4.79 Å². The van der Waals surface area contributed by atoms with Crippen LogP contribution < -0.4 is 0 Å². The number of ketones is 1. The molecule has 0 aliphatic rings. The minimum Gasteiger partial charge on any atom is -0.293 e. The first kappa shape index (κ1) is 12.2. The van der Waals surface area contributed by atoms with Gasteiger partial charge in [-0.05, 0) is 27.9 Å². The van der Waals surface area contributed by atoms with Gasteiger partial charge in [0, 0.05) is 5.92 Å². The number of hydrogen-bond donors (Lipinski definition) is 0. The van der Waals surface area contributed by atoms with Gasteiger partial charge >= 0.3 is 0 Å². The van der Waals surface area contributed by atoms with Crippen LogP contribution in [0.25, 0.3) is 0 Å². The van der Waals surface area contributed by atoms with Crippen molar-refractivity contribution in [3.63, 3.8) is 0 Å². The van der Waals surface area contributed by atoms with Crippen LogP contribution in [0, 0.1) is 11.8 Å². The SMILES string of the molecule is CC(C)C(C)C(=O)c1cc(Cl)c(Br)s1. The summed E-state index contributed by atoms with van der Waals surface area (Å²) in [6.45, 7) is 6.05. The molecule has 14 heavy (non-hydrogen) atoms. The molecular weight excluding hydrogens is 284 g/mol. The van der Waals surface area contributed by atoms with Gasteiger partial charge in [-0.25, -0.2) is 0 Å². The van der Waals surface area contributed by atoms with Crippen LogP contribution in [0.4, 0.5) is 0 Å². The standard InChI is InChI=1S/C10H12BrClOS/c1-5(2)6(3)9(13)8-4-7(12)10(11)14-8/h4-6H,1-3H3. The lowest BCUT2D eigenvalue weighted by molar-refractivity contribution is 0.0904. The Morgan fingerprint density at radius 1 is 1.50 bits per heavy atom. The molecule has 1 rings (SSSR count). The number of carbonyl (C=O) groups is 1. The predicted molar refractivity (Wildman–Crippen MR) is 65.4 cm³/mol. The third kappa shape index (κ3) is 2.59. The van der Waals surface area contributed by atoms with Crippen molar-refractivity contribution in [3.05, 3.63) is 19.8 Å². The molecule has 0 saturated heterocycles. The highest BCUT2D eigenvalue weighted by atomic mass is 79.9. The molecule has 0 aromatic carbocycles. The monoisotopic (exact) mass is 294 g/mol. The second-order valence-corrected chi connectivity index (χ2v) is 6.41. The van der Waals surface area contributed by atoms with Crippen molar-refractivity contribution in [3.8, 4) is 0 Å². The van der Waals surface area contributed by atoms with Crippen LogP contribution in [-0.2, 0) is 0 Å². The smallest absolute Gasteiger partial charge is 0.175 e. The summed E-state index contributed by atoms with van der Waals surface area (Å²) < 4.78 is 0.832. The fraction of sp³-hybridized carbons (Fsp3) is 0.500. The van der Waals surface area contributed by atoms with Gasteiger partial charge in [0.05, 0.1) is 13.7 Å². The second-order valence-electron chi connectivity index (χ2n) is 3.63. The van der Waals surface area contributed by atoms with E-state index in [1.54, 1.807) is 6.07 Å². The van der Waals surface area contributed by atoms with E-state index >= 15 is 0 Å². The zero-order valence-electron chi connectivity index (χ0n) is 8.30. The molecule has 0 aliphatic carbocycles. The highest BCUT2D eigenvalue weighted by molar-refractivity contribution is 9.11. The Morgan fingerprint density at radius 3 is 2.43 bits per heavy atom. The number of hydrogen-bond acceptors (Lipinski definition) is 2. The van der Waals surface area contributed by atoms with Gasteiger partial charge in [0.25, 0.3) is 0 Å². The minimum absolute atomic E-state index is 0.0524. The Bertz CT molecular complexity index is 326. The number of thiophene rings is 1. The molecule has 0 saturated carbocycles. The topological polar surface area (TPSA) is 17.1 Å². The molecule has 0 amide bonds. The molecule has 0 aliphatic heterocycles. The molecule has 4 heteroatoms. The predicted octanol–water partition coefficient (Wildman–Crippen LogP) is 4.64. The van der Waals surface area contributed by atoms with Gasteiger partial charge in [-0.15, -0.1) is 11.3 Å². The summed E-state index contributed by atoms with van der Waals surface area (Å²) in [5.74, 6) is 0.594. The van der Waals surface area contributed by atoms with Crippen molar-refractivity contribution in [1.29, 1.82) is 0 Å². The summed E-state index contributed by atoms with van der Waals surface area (Å²) in [7, 11) is 0. The molecule has 0 radical (unpaired) electrons. The Balaban J connectivity index is 2.90. The second kappa shape index (κ2) is 4.77. The van der Waals surface area contributed by atoms with Crippen molar-refractivity contribution in [2.24, 2.45) is 11.8 Å². The van der Waals surface area contributed by atoms with Crippen LogP contribution in [-0.4, -0.2) is 5.78 Å². The van der Waals surface area contributed by atoms with Crippen LogP contribution in [0.3, 0.4) is 0 Å². The molecule has 1 aromatic rings. The lowest BCUT2D eigenvalue weighted by Gasteiger charge is -2.12. The lowest BCUT2D eigenvalue weighted by Crippen LogP contribution is -2.15. The van der Waals surface area contributed by atoms with Gasteiger partial charge in [0.15, 0.2) is 5.78 Å². The normalized spacial score (nSPS) is 13.3. The van der Waals surface area contributed by atoms with E-state index in [0.29, 0.717) is 10.9 Å². The summed E-state index contributed by atoms with van der Waals surface area (Å²) in [6.07, 6.45) is 0. The third-order valence-electron chi connectivity index (χ3n) is 2.30. The average Bonchev–Trinajstić information content (AvgIpc) is 2.44.